The van der Waals surface area contributed by atoms with Crippen LogP contribution in [0.4, 0.5) is 8.78 Å². The lowest BCUT2D eigenvalue weighted by Gasteiger charge is -2.03. The Kier molecular flexibility index (Phi) is 2.99. The zero-order chi connectivity index (χ0) is 14.3. The minimum Gasteiger partial charge on any atom is -0.437 e. The average molecular weight is 294 g/mol. The molecule has 0 aliphatic rings. The van der Waals surface area contributed by atoms with E-state index in [1.54, 1.807) is 0 Å². The summed E-state index contributed by atoms with van der Waals surface area (Å²) in [6.07, 6.45) is 0. The van der Waals surface area contributed by atoms with E-state index >= 15 is 0 Å². The van der Waals surface area contributed by atoms with Gasteiger partial charge < -0.3 is 4.42 Å². The summed E-state index contributed by atoms with van der Waals surface area (Å²) >= 11 is 5.78. The third kappa shape index (κ3) is 2.06. The predicted molar refractivity (Wildman–Crippen MR) is 70.6 cm³/mol. The van der Waals surface area contributed by atoms with Crippen LogP contribution in [-0.4, -0.2) is 4.98 Å². The molecule has 1 heterocycles. The van der Waals surface area contributed by atoms with E-state index in [0.717, 1.165) is 6.07 Å². The van der Waals surface area contributed by atoms with Gasteiger partial charge in [-0.25, -0.2) is 8.78 Å². The first-order valence-electron chi connectivity index (χ1n) is 5.61. The van der Waals surface area contributed by atoms with E-state index < -0.39 is 17.2 Å². The lowest BCUT2D eigenvalue weighted by molar-refractivity contribution is 0.503. The van der Waals surface area contributed by atoms with Gasteiger partial charge in [-0.2, -0.15) is 4.98 Å². The second kappa shape index (κ2) is 4.68. The van der Waals surface area contributed by atoms with Crippen LogP contribution >= 0.6 is 11.6 Å². The molecule has 2 aromatic carbocycles. The second-order valence-corrected chi connectivity index (χ2v) is 4.50. The fourth-order valence-electron chi connectivity index (χ4n) is 1.82. The van der Waals surface area contributed by atoms with Crippen LogP contribution in [0.25, 0.3) is 22.4 Å². The molecule has 1 aromatic heterocycles. The van der Waals surface area contributed by atoms with Crippen molar-refractivity contribution in [2.24, 2.45) is 0 Å². The molecule has 0 amide bonds. The molecule has 6 heteroatoms. The van der Waals surface area contributed by atoms with Gasteiger partial charge in [-0.15, -0.1) is 0 Å². The fourth-order valence-corrected chi connectivity index (χ4v) is 1.99. The summed E-state index contributed by atoms with van der Waals surface area (Å²) in [6.45, 7) is 0. The van der Waals surface area contributed by atoms with E-state index in [-0.39, 0.29) is 22.4 Å². The summed E-state index contributed by atoms with van der Waals surface area (Å²) in [6, 6.07) is 7.96. The Labute approximate surface area is 116 Å². The van der Waals surface area contributed by atoms with Crippen LogP contribution in [0.3, 0.4) is 0 Å². The van der Waals surface area contributed by atoms with Crippen LogP contribution in [-0.2, 0) is 0 Å². The van der Waals surface area contributed by atoms with Crippen LogP contribution in [0.2, 0.25) is 5.02 Å². The van der Waals surface area contributed by atoms with Crippen molar-refractivity contribution in [1.82, 2.24) is 4.98 Å². The van der Waals surface area contributed by atoms with Gasteiger partial charge in [-0.3, -0.25) is 4.79 Å². The molecule has 0 aliphatic heterocycles. The van der Waals surface area contributed by atoms with Crippen molar-refractivity contribution in [3.63, 3.8) is 0 Å². The number of halogens is 3. The van der Waals surface area contributed by atoms with Gasteiger partial charge in [0.1, 0.15) is 5.58 Å². The van der Waals surface area contributed by atoms with Crippen molar-refractivity contribution in [2.45, 2.75) is 0 Å². The molecule has 0 bridgehead atoms. The molecule has 3 rings (SSSR count). The van der Waals surface area contributed by atoms with Crippen LogP contribution in [0.15, 0.2) is 45.6 Å². The number of benzene rings is 2. The highest BCUT2D eigenvalue weighted by Crippen LogP contribution is 2.25. The Balaban J connectivity index is 2.31. The van der Waals surface area contributed by atoms with Gasteiger partial charge in [0.25, 0.3) is 5.56 Å². The largest absolute Gasteiger partial charge is 0.437 e. The molecule has 100 valence electrons. The molecule has 20 heavy (non-hydrogen) atoms. The number of aromatic nitrogens is 1. The first kappa shape index (κ1) is 12.7. The Morgan fingerprint density at radius 3 is 2.75 bits per heavy atom. The molecule has 0 unspecified atom stereocenters. The number of hydrogen-bond acceptors (Lipinski definition) is 3. The molecule has 0 fully saturated rings. The van der Waals surface area contributed by atoms with Gasteiger partial charge >= 0.3 is 0 Å². The predicted octanol–water partition coefficient (Wildman–Crippen LogP) is 3.79. The van der Waals surface area contributed by atoms with Crippen molar-refractivity contribution in [3.8, 4) is 11.5 Å². The normalized spacial score (nSPS) is 10.9. The van der Waals surface area contributed by atoms with Crippen LogP contribution in [0, 0.1) is 11.6 Å². The molecule has 3 aromatic rings. The van der Waals surface area contributed by atoms with E-state index in [9.17, 15) is 13.6 Å². The second-order valence-electron chi connectivity index (χ2n) is 4.07. The first-order chi connectivity index (χ1) is 9.56. The summed E-state index contributed by atoms with van der Waals surface area (Å²) in [5.74, 6) is -2.43. The summed E-state index contributed by atoms with van der Waals surface area (Å²) in [7, 11) is 0. The third-order valence-corrected chi connectivity index (χ3v) is 3.00. The van der Waals surface area contributed by atoms with E-state index in [4.69, 9.17) is 16.0 Å². The van der Waals surface area contributed by atoms with Crippen molar-refractivity contribution in [1.29, 1.82) is 0 Å². The molecule has 0 aliphatic carbocycles. The van der Waals surface area contributed by atoms with Crippen LogP contribution in [0.1, 0.15) is 0 Å². The van der Waals surface area contributed by atoms with Gasteiger partial charge in [-0.05, 0) is 30.3 Å². The molecule has 0 saturated carbocycles. The summed E-state index contributed by atoms with van der Waals surface area (Å²) < 4.78 is 32.2. The number of nitrogens with zero attached hydrogens (tertiary/aromatic N) is 1. The lowest BCUT2D eigenvalue weighted by Crippen LogP contribution is -2.08. The van der Waals surface area contributed by atoms with Crippen molar-refractivity contribution >= 4 is 22.6 Å². The molecule has 0 saturated heterocycles. The Bertz CT molecular complexity index is 877. The monoisotopic (exact) mass is 293 g/mol. The molecule has 0 atom stereocenters. The highest BCUT2D eigenvalue weighted by Gasteiger charge is 2.15. The first-order valence-corrected chi connectivity index (χ1v) is 5.99. The average Bonchev–Trinajstić information content (AvgIpc) is 2.42. The third-order valence-electron chi connectivity index (χ3n) is 2.76. The van der Waals surface area contributed by atoms with E-state index in [0.29, 0.717) is 5.02 Å². The van der Waals surface area contributed by atoms with Gasteiger partial charge in [-0.1, -0.05) is 17.7 Å². The SMILES string of the molecule is O=c1nc(-c2cccc(F)c2F)oc2ccc(Cl)cc12. The molecular weight excluding hydrogens is 288 g/mol. The Morgan fingerprint density at radius 1 is 1.15 bits per heavy atom. The number of fused-ring (bicyclic) bond motifs is 1. The zero-order valence-corrected chi connectivity index (χ0v) is 10.6. The minimum absolute atomic E-state index is 0.179. The molecule has 0 spiro atoms. The molecule has 3 nitrogen and oxygen atoms in total. The smallest absolute Gasteiger partial charge is 0.284 e. The molecule has 0 radical (unpaired) electrons. The van der Waals surface area contributed by atoms with Crippen molar-refractivity contribution < 1.29 is 13.2 Å². The van der Waals surface area contributed by atoms with E-state index in [1.807, 2.05) is 0 Å². The van der Waals surface area contributed by atoms with Gasteiger partial charge in [0.15, 0.2) is 11.6 Å². The van der Waals surface area contributed by atoms with E-state index in [1.165, 1.54) is 30.3 Å². The highest BCUT2D eigenvalue weighted by atomic mass is 35.5. The maximum Gasteiger partial charge on any atom is 0.284 e. The Morgan fingerprint density at radius 2 is 1.95 bits per heavy atom. The number of hydrogen-bond donors (Lipinski definition) is 0. The standard InChI is InChI=1S/C14H6ClF2NO2/c15-7-4-5-11-9(6-7)13(19)18-14(20-11)8-2-1-3-10(16)12(8)17/h1-6H. The fraction of sp³-hybridized carbons (Fsp3) is 0. The maximum absolute atomic E-state index is 13.7. The molecular formula is C14H6ClF2NO2. The van der Waals surface area contributed by atoms with Crippen molar-refractivity contribution in [2.75, 3.05) is 0 Å². The summed E-state index contributed by atoms with van der Waals surface area (Å²) in [5, 5.41) is 0.536. The highest BCUT2D eigenvalue weighted by molar-refractivity contribution is 6.31. The maximum atomic E-state index is 13.7. The van der Waals surface area contributed by atoms with Crippen molar-refractivity contribution in [3.05, 3.63) is 63.4 Å². The van der Waals surface area contributed by atoms with Gasteiger partial charge in [0.2, 0.25) is 5.89 Å². The Hall–Kier alpha value is -2.27. The zero-order valence-electron chi connectivity index (χ0n) is 9.86. The number of rotatable bonds is 1. The molecule has 0 N–H and O–H groups in total. The van der Waals surface area contributed by atoms with Crippen LogP contribution < -0.4 is 5.56 Å². The van der Waals surface area contributed by atoms with Gasteiger partial charge in [0, 0.05) is 5.02 Å². The minimum atomic E-state index is -1.11. The topological polar surface area (TPSA) is 43.1 Å². The lowest BCUT2D eigenvalue weighted by atomic mass is 10.2. The van der Waals surface area contributed by atoms with Crippen LogP contribution in [0.5, 0.6) is 0 Å². The van der Waals surface area contributed by atoms with Gasteiger partial charge in [0.05, 0.1) is 10.9 Å². The summed E-state index contributed by atoms with van der Waals surface area (Å²) in [5.41, 5.74) is -0.626. The van der Waals surface area contributed by atoms with E-state index in [2.05, 4.69) is 4.98 Å². The summed E-state index contributed by atoms with van der Waals surface area (Å²) in [4.78, 5) is 15.5. The quantitative estimate of drug-likeness (QED) is 0.685.